The molecule has 1 aromatic carbocycles. The average Bonchev–Trinajstić information content (AvgIpc) is 2.80. The van der Waals surface area contributed by atoms with Crippen molar-refractivity contribution in [1.82, 2.24) is 15.5 Å². The summed E-state index contributed by atoms with van der Waals surface area (Å²) < 4.78 is 31.7. The van der Waals surface area contributed by atoms with Gasteiger partial charge in [0.2, 0.25) is 5.91 Å². The van der Waals surface area contributed by atoms with Crippen molar-refractivity contribution in [3.63, 3.8) is 0 Å². The number of imide groups is 1. The third kappa shape index (κ3) is 6.81. The number of benzene rings is 1. The summed E-state index contributed by atoms with van der Waals surface area (Å²) >= 11 is 0. The molecule has 3 amide bonds. The minimum Gasteiger partial charge on any atom is -0.475 e. The first kappa shape index (κ1) is 24.8. The predicted molar refractivity (Wildman–Crippen MR) is 115 cm³/mol. The van der Waals surface area contributed by atoms with Crippen LogP contribution in [0.25, 0.3) is 0 Å². The molecular weight excluding hydrogens is 443 g/mol. The van der Waals surface area contributed by atoms with Crippen LogP contribution in [0.5, 0.6) is 0 Å². The highest BCUT2D eigenvalue weighted by molar-refractivity contribution is 6.05. The molecule has 3 heterocycles. The number of carboxylic acid groups (broad SMARTS) is 1. The van der Waals surface area contributed by atoms with Crippen LogP contribution in [0.2, 0.25) is 0 Å². The zero-order valence-electron chi connectivity index (χ0n) is 18.1. The smallest absolute Gasteiger partial charge is 0.475 e. The zero-order valence-corrected chi connectivity index (χ0v) is 18.1. The Morgan fingerprint density at radius 1 is 0.939 bits per heavy atom. The molecule has 3 saturated heterocycles. The predicted octanol–water partition coefficient (Wildman–Crippen LogP) is 1.64. The number of carboxylic acids is 1. The van der Waals surface area contributed by atoms with Gasteiger partial charge in [0.25, 0.3) is 0 Å². The maximum Gasteiger partial charge on any atom is 0.490 e. The highest BCUT2D eigenvalue weighted by Crippen LogP contribution is 2.24. The standard InChI is InChI=1S/C19H27N5O2.C2HF3O2/c25-18-7-10-24(19(26)21-18)17-3-1-15(2-4-17)22-11-13-23(14-12-22)16-5-8-20-9-6-16;3-2(4,5)1(6)7/h1-4,16,20H,5-14H2,(H,21,25,26);(H,6,7). The summed E-state index contributed by atoms with van der Waals surface area (Å²) in [6, 6.07) is 8.53. The first-order valence-corrected chi connectivity index (χ1v) is 10.9. The van der Waals surface area contributed by atoms with Gasteiger partial charge in [-0.1, -0.05) is 0 Å². The fraction of sp³-hybridized carbons (Fsp3) is 0.571. The molecule has 3 N–H and O–H groups in total. The summed E-state index contributed by atoms with van der Waals surface area (Å²) in [6.07, 6.45) is -2.21. The lowest BCUT2D eigenvalue weighted by atomic mass is 10.0. The summed E-state index contributed by atoms with van der Waals surface area (Å²) in [7, 11) is 0. The second kappa shape index (κ2) is 10.8. The number of anilines is 2. The van der Waals surface area contributed by atoms with E-state index in [-0.39, 0.29) is 11.9 Å². The van der Waals surface area contributed by atoms with Crippen LogP contribution in [0.15, 0.2) is 24.3 Å². The molecule has 0 saturated carbocycles. The summed E-state index contributed by atoms with van der Waals surface area (Å²) in [5, 5.41) is 12.9. The number of carbonyl (C=O) groups excluding carboxylic acids is 2. The number of carbonyl (C=O) groups is 3. The second-order valence-electron chi connectivity index (χ2n) is 8.08. The topological polar surface area (TPSA) is 105 Å². The summed E-state index contributed by atoms with van der Waals surface area (Å²) in [6.45, 7) is 7.04. The van der Waals surface area contributed by atoms with Crippen LogP contribution in [0, 0.1) is 0 Å². The van der Waals surface area contributed by atoms with Gasteiger partial charge in [-0.2, -0.15) is 13.2 Å². The monoisotopic (exact) mass is 471 g/mol. The van der Waals surface area contributed by atoms with E-state index in [1.165, 1.54) is 18.5 Å². The summed E-state index contributed by atoms with van der Waals surface area (Å²) in [5.74, 6) is -2.96. The molecule has 3 aliphatic heterocycles. The van der Waals surface area contributed by atoms with Crippen LogP contribution in [-0.4, -0.2) is 85.9 Å². The lowest BCUT2D eigenvalue weighted by molar-refractivity contribution is -0.192. The molecule has 182 valence electrons. The highest BCUT2D eigenvalue weighted by Gasteiger charge is 2.38. The number of piperazine rings is 1. The molecule has 0 spiro atoms. The SMILES string of the molecule is O=C(O)C(F)(F)F.O=C1CCN(c2ccc(N3CCN(C4CCNCC4)CC3)cc2)C(=O)N1. The largest absolute Gasteiger partial charge is 0.490 e. The number of aliphatic carboxylic acids is 1. The Kier molecular flexibility index (Phi) is 8.14. The molecule has 0 bridgehead atoms. The molecule has 1 aromatic rings. The van der Waals surface area contributed by atoms with Gasteiger partial charge in [0.05, 0.1) is 0 Å². The number of halogens is 3. The lowest BCUT2D eigenvalue weighted by Crippen LogP contribution is -2.52. The number of alkyl halides is 3. The van der Waals surface area contributed by atoms with Crippen LogP contribution in [0.3, 0.4) is 0 Å². The molecular formula is C21H28F3N5O4. The Labute approximate surface area is 189 Å². The van der Waals surface area contributed by atoms with Crippen LogP contribution >= 0.6 is 0 Å². The van der Waals surface area contributed by atoms with E-state index in [0.29, 0.717) is 13.0 Å². The fourth-order valence-electron chi connectivity index (χ4n) is 4.17. The Morgan fingerprint density at radius 2 is 1.48 bits per heavy atom. The van der Waals surface area contributed by atoms with E-state index in [2.05, 4.69) is 32.6 Å². The van der Waals surface area contributed by atoms with Crippen LogP contribution in [-0.2, 0) is 9.59 Å². The molecule has 0 atom stereocenters. The number of urea groups is 1. The van der Waals surface area contributed by atoms with E-state index >= 15 is 0 Å². The van der Waals surface area contributed by atoms with Gasteiger partial charge in [-0.25, -0.2) is 9.59 Å². The van der Waals surface area contributed by atoms with E-state index in [9.17, 15) is 22.8 Å². The van der Waals surface area contributed by atoms with Crippen molar-refractivity contribution < 1.29 is 32.7 Å². The number of hydrogen-bond donors (Lipinski definition) is 3. The van der Waals surface area contributed by atoms with Gasteiger partial charge < -0.3 is 15.3 Å². The normalized spacial score (nSPS) is 20.7. The Bertz CT molecular complexity index is 835. The van der Waals surface area contributed by atoms with Gasteiger partial charge in [-0.15, -0.1) is 0 Å². The third-order valence-corrected chi connectivity index (χ3v) is 5.96. The van der Waals surface area contributed by atoms with Crippen molar-refractivity contribution in [3.05, 3.63) is 24.3 Å². The first-order chi connectivity index (χ1) is 15.6. The highest BCUT2D eigenvalue weighted by atomic mass is 19.4. The number of nitrogens with zero attached hydrogens (tertiary/aromatic N) is 3. The zero-order chi connectivity index (χ0) is 24.0. The van der Waals surface area contributed by atoms with Gasteiger partial charge in [-0.05, 0) is 50.2 Å². The molecule has 0 aliphatic carbocycles. The number of hydrogen-bond acceptors (Lipinski definition) is 6. The number of amides is 3. The van der Waals surface area contributed by atoms with E-state index < -0.39 is 12.1 Å². The minimum absolute atomic E-state index is 0.200. The molecule has 3 fully saturated rings. The maximum atomic E-state index is 12.0. The average molecular weight is 471 g/mol. The Balaban J connectivity index is 0.000000383. The molecule has 4 rings (SSSR count). The third-order valence-electron chi connectivity index (χ3n) is 5.96. The van der Waals surface area contributed by atoms with Crippen LogP contribution in [0.4, 0.5) is 29.3 Å². The molecule has 0 unspecified atom stereocenters. The molecule has 0 aromatic heterocycles. The van der Waals surface area contributed by atoms with E-state index in [1.807, 2.05) is 12.1 Å². The fourth-order valence-corrected chi connectivity index (χ4v) is 4.17. The summed E-state index contributed by atoms with van der Waals surface area (Å²) in [5.41, 5.74) is 2.04. The Morgan fingerprint density at radius 3 is 2.00 bits per heavy atom. The van der Waals surface area contributed by atoms with Gasteiger partial charge in [0.1, 0.15) is 0 Å². The quantitative estimate of drug-likeness (QED) is 0.616. The van der Waals surface area contributed by atoms with E-state index in [1.54, 1.807) is 4.90 Å². The lowest BCUT2D eigenvalue weighted by Gasteiger charge is -2.41. The molecule has 3 aliphatic rings. The van der Waals surface area contributed by atoms with Crippen LogP contribution < -0.4 is 20.4 Å². The molecule has 0 radical (unpaired) electrons. The molecule has 33 heavy (non-hydrogen) atoms. The van der Waals surface area contributed by atoms with Crippen molar-refractivity contribution in [2.24, 2.45) is 0 Å². The number of nitrogens with one attached hydrogen (secondary N) is 2. The van der Waals surface area contributed by atoms with E-state index in [4.69, 9.17) is 9.90 Å². The van der Waals surface area contributed by atoms with Crippen molar-refractivity contribution in [3.8, 4) is 0 Å². The van der Waals surface area contributed by atoms with Gasteiger partial charge in [0, 0.05) is 56.6 Å². The Hall–Kier alpha value is -2.86. The van der Waals surface area contributed by atoms with Crippen molar-refractivity contribution in [1.29, 1.82) is 0 Å². The van der Waals surface area contributed by atoms with Crippen molar-refractivity contribution in [2.75, 3.05) is 55.6 Å². The van der Waals surface area contributed by atoms with Crippen LogP contribution in [0.1, 0.15) is 19.3 Å². The summed E-state index contributed by atoms with van der Waals surface area (Å²) in [4.78, 5) is 38.8. The van der Waals surface area contributed by atoms with Gasteiger partial charge in [0.15, 0.2) is 0 Å². The van der Waals surface area contributed by atoms with E-state index in [0.717, 1.165) is 51.0 Å². The first-order valence-electron chi connectivity index (χ1n) is 10.9. The second-order valence-corrected chi connectivity index (χ2v) is 8.08. The molecule has 12 heteroatoms. The van der Waals surface area contributed by atoms with Crippen molar-refractivity contribution >= 4 is 29.3 Å². The maximum absolute atomic E-state index is 12.0. The number of piperidine rings is 1. The number of rotatable bonds is 3. The molecule has 9 nitrogen and oxygen atoms in total. The van der Waals surface area contributed by atoms with Crippen molar-refractivity contribution in [2.45, 2.75) is 31.5 Å². The van der Waals surface area contributed by atoms with Gasteiger partial charge >= 0.3 is 18.2 Å². The van der Waals surface area contributed by atoms with Gasteiger partial charge in [-0.3, -0.25) is 19.9 Å². The minimum atomic E-state index is -5.08.